The molecule has 8 nitrogen and oxygen atoms in total. The molecular weight excluding hydrogens is 598 g/mol. The van der Waals surface area contributed by atoms with E-state index in [0.717, 1.165) is 27.8 Å². The summed E-state index contributed by atoms with van der Waals surface area (Å²) in [6.07, 6.45) is -0.0856. The Kier molecular flexibility index (Phi) is 8.81. The molecule has 5 aromatic rings. The van der Waals surface area contributed by atoms with E-state index in [9.17, 15) is 24.4 Å². The molecule has 0 N–H and O–H groups in total. The Morgan fingerprint density at radius 2 is 1.43 bits per heavy atom. The van der Waals surface area contributed by atoms with Crippen molar-refractivity contribution in [1.29, 1.82) is 5.26 Å². The molecule has 1 saturated heterocycles. The molecule has 1 aliphatic heterocycles. The maximum Gasteiger partial charge on any atom is 0.338 e. The van der Waals surface area contributed by atoms with Crippen molar-refractivity contribution >= 4 is 41.0 Å². The highest BCUT2D eigenvalue weighted by Crippen LogP contribution is 2.39. The van der Waals surface area contributed by atoms with E-state index in [-0.39, 0.29) is 17.8 Å². The van der Waals surface area contributed by atoms with Gasteiger partial charge >= 0.3 is 5.97 Å². The average molecular weight is 624 g/mol. The molecule has 1 fully saturated rings. The zero-order chi connectivity index (χ0) is 32.0. The molecule has 2 heterocycles. The van der Waals surface area contributed by atoms with Gasteiger partial charge in [0.05, 0.1) is 27.8 Å². The second-order valence-electron chi connectivity index (χ2n) is 10.4. The Hall–Kier alpha value is -5.85. The van der Waals surface area contributed by atoms with E-state index in [1.54, 1.807) is 30.3 Å². The van der Waals surface area contributed by atoms with Gasteiger partial charge in [-0.2, -0.15) is 5.26 Å². The summed E-state index contributed by atoms with van der Waals surface area (Å²) in [5.41, 5.74) is 4.23. The van der Waals surface area contributed by atoms with Gasteiger partial charge in [0.2, 0.25) is 11.8 Å². The lowest BCUT2D eigenvalue weighted by atomic mass is 9.99. The summed E-state index contributed by atoms with van der Waals surface area (Å²) >= 11 is 1.09. The molecule has 2 amide bonds. The summed E-state index contributed by atoms with van der Waals surface area (Å²) in [7, 11) is 0. The number of nitrogens with zero attached hydrogens (tertiary/aromatic N) is 3. The predicted molar refractivity (Wildman–Crippen MR) is 174 cm³/mol. The first-order valence-corrected chi connectivity index (χ1v) is 15.3. The second-order valence-corrected chi connectivity index (χ2v) is 11.6. The second kappa shape index (κ2) is 13.4. The van der Waals surface area contributed by atoms with Crippen LogP contribution in [0.1, 0.15) is 32.7 Å². The number of nitriles is 1. The molecule has 4 aromatic carbocycles. The van der Waals surface area contributed by atoms with Gasteiger partial charge in [0.25, 0.3) is 0 Å². The minimum Gasteiger partial charge on any atom is -0.454 e. The standard InChI is InChI=1S/C37H25N3O5S/c38-22-30-29(24-10-4-1-5-11-24)20-31(25-12-6-2-7-13-25)39-35(30)46-33-21-34(42)40(36(33)43)28-18-16-27(17-19-28)37(44)45-23-32(41)26-14-8-3-9-15-26/h1-20,33H,21,23H2. The average Bonchev–Trinajstić information content (AvgIpc) is 3.39. The third-order valence-corrected chi connectivity index (χ3v) is 8.57. The Labute approximate surface area is 269 Å². The molecule has 46 heavy (non-hydrogen) atoms. The van der Waals surface area contributed by atoms with Gasteiger partial charge in [-0.05, 0) is 35.9 Å². The van der Waals surface area contributed by atoms with E-state index in [1.807, 2.05) is 66.7 Å². The fraction of sp³-hybridized carbons (Fsp3) is 0.0811. The summed E-state index contributed by atoms with van der Waals surface area (Å²) in [6, 6.07) is 37.5. The van der Waals surface area contributed by atoms with Crippen LogP contribution < -0.4 is 4.90 Å². The summed E-state index contributed by atoms with van der Waals surface area (Å²) in [5, 5.41) is 9.77. The van der Waals surface area contributed by atoms with Gasteiger partial charge in [-0.1, -0.05) is 103 Å². The van der Waals surface area contributed by atoms with Crippen molar-refractivity contribution in [1.82, 2.24) is 4.98 Å². The van der Waals surface area contributed by atoms with E-state index < -0.39 is 29.6 Å². The summed E-state index contributed by atoms with van der Waals surface area (Å²) in [5.74, 6) is -1.89. The molecule has 0 bridgehead atoms. The highest BCUT2D eigenvalue weighted by atomic mass is 32.2. The van der Waals surface area contributed by atoms with Crippen LogP contribution in [0.25, 0.3) is 22.4 Å². The molecule has 0 saturated carbocycles. The predicted octanol–water partition coefficient (Wildman–Crippen LogP) is 6.75. The lowest BCUT2D eigenvalue weighted by Crippen LogP contribution is -2.31. The highest BCUT2D eigenvalue weighted by Gasteiger charge is 2.41. The van der Waals surface area contributed by atoms with E-state index in [2.05, 4.69) is 6.07 Å². The zero-order valence-corrected chi connectivity index (χ0v) is 25.1. The van der Waals surface area contributed by atoms with E-state index >= 15 is 0 Å². The van der Waals surface area contributed by atoms with Gasteiger partial charge in [-0.3, -0.25) is 14.4 Å². The largest absolute Gasteiger partial charge is 0.454 e. The minimum absolute atomic E-state index is 0.0856. The quantitative estimate of drug-likeness (QED) is 0.101. The molecule has 1 aromatic heterocycles. The van der Waals surface area contributed by atoms with Crippen LogP contribution in [0.3, 0.4) is 0 Å². The SMILES string of the molecule is N#Cc1c(-c2ccccc2)cc(-c2ccccc2)nc1SC1CC(=O)N(c2ccc(C(=O)OCC(=O)c3ccccc3)cc2)C1=O. The maximum atomic E-state index is 13.6. The van der Waals surface area contributed by atoms with Crippen LogP contribution in [0.2, 0.25) is 0 Å². The number of esters is 1. The fourth-order valence-corrected chi connectivity index (χ4v) is 6.21. The van der Waals surface area contributed by atoms with Crippen molar-refractivity contribution in [3.8, 4) is 28.5 Å². The number of ketones is 1. The van der Waals surface area contributed by atoms with Gasteiger partial charge in [0.1, 0.15) is 11.1 Å². The number of aromatic nitrogens is 1. The normalized spacial score (nSPS) is 14.2. The minimum atomic E-state index is -0.810. The molecule has 6 rings (SSSR count). The molecule has 0 radical (unpaired) electrons. The number of amides is 2. The van der Waals surface area contributed by atoms with Crippen LogP contribution >= 0.6 is 11.8 Å². The monoisotopic (exact) mass is 623 g/mol. The molecule has 224 valence electrons. The highest BCUT2D eigenvalue weighted by molar-refractivity contribution is 8.00. The maximum absolute atomic E-state index is 13.6. The van der Waals surface area contributed by atoms with Crippen molar-refractivity contribution in [2.45, 2.75) is 16.7 Å². The Morgan fingerprint density at radius 1 is 0.826 bits per heavy atom. The first-order chi connectivity index (χ1) is 22.4. The number of thioether (sulfide) groups is 1. The lowest BCUT2D eigenvalue weighted by Gasteiger charge is -2.16. The number of ether oxygens (including phenoxy) is 1. The molecule has 1 atom stereocenters. The number of anilines is 1. The van der Waals surface area contributed by atoms with Crippen LogP contribution in [0.4, 0.5) is 5.69 Å². The number of hydrogen-bond acceptors (Lipinski definition) is 8. The Morgan fingerprint density at radius 3 is 2.07 bits per heavy atom. The van der Waals surface area contributed by atoms with Crippen molar-refractivity contribution in [3.63, 3.8) is 0 Å². The van der Waals surface area contributed by atoms with Gasteiger partial charge in [-0.25, -0.2) is 14.7 Å². The van der Waals surface area contributed by atoms with Crippen molar-refractivity contribution < 1.29 is 23.9 Å². The van der Waals surface area contributed by atoms with E-state index in [1.165, 1.54) is 24.3 Å². The number of hydrogen-bond donors (Lipinski definition) is 0. The van der Waals surface area contributed by atoms with Crippen molar-refractivity contribution in [2.75, 3.05) is 11.5 Å². The summed E-state index contributed by atoms with van der Waals surface area (Å²) in [4.78, 5) is 57.4. The first-order valence-electron chi connectivity index (χ1n) is 14.4. The number of imide groups is 1. The van der Waals surface area contributed by atoms with Gasteiger partial charge in [0, 0.05) is 23.1 Å². The van der Waals surface area contributed by atoms with Crippen molar-refractivity contribution in [2.24, 2.45) is 0 Å². The van der Waals surface area contributed by atoms with Gasteiger partial charge < -0.3 is 4.74 Å². The number of benzene rings is 4. The third-order valence-electron chi connectivity index (χ3n) is 7.40. The van der Waals surface area contributed by atoms with Crippen LogP contribution in [-0.2, 0) is 14.3 Å². The number of carbonyl (C=O) groups excluding carboxylic acids is 4. The van der Waals surface area contributed by atoms with E-state index in [4.69, 9.17) is 9.72 Å². The van der Waals surface area contributed by atoms with Crippen molar-refractivity contribution in [3.05, 3.63) is 138 Å². The molecule has 0 spiro atoms. The van der Waals surface area contributed by atoms with Crippen LogP contribution in [0.5, 0.6) is 0 Å². The molecule has 1 aliphatic rings. The van der Waals surface area contributed by atoms with Crippen LogP contribution in [0.15, 0.2) is 126 Å². The van der Waals surface area contributed by atoms with Gasteiger partial charge in [-0.15, -0.1) is 0 Å². The first kappa shape index (κ1) is 30.2. The smallest absolute Gasteiger partial charge is 0.338 e. The van der Waals surface area contributed by atoms with E-state index in [0.29, 0.717) is 33.1 Å². The zero-order valence-electron chi connectivity index (χ0n) is 24.3. The number of Topliss-reactive ketones (excluding diaryl/α,β-unsaturated/α-hetero) is 1. The number of carbonyl (C=O) groups is 4. The number of rotatable bonds is 9. The molecule has 9 heteroatoms. The third kappa shape index (κ3) is 6.34. The number of pyridine rings is 1. The molecular formula is C37H25N3O5S. The lowest BCUT2D eigenvalue weighted by molar-refractivity contribution is -0.121. The fourth-order valence-electron chi connectivity index (χ4n) is 5.09. The van der Waals surface area contributed by atoms with Crippen LogP contribution in [-0.4, -0.2) is 40.4 Å². The van der Waals surface area contributed by atoms with Gasteiger partial charge in [0.15, 0.2) is 12.4 Å². The Bertz CT molecular complexity index is 1980. The van der Waals surface area contributed by atoms with Crippen LogP contribution in [0, 0.1) is 11.3 Å². The summed E-state index contributed by atoms with van der Waals surface area (Å²) in [6.45, 7) is -0.414. The Balaban J connectivity index is 1.21. The summed E-state index contributed by atoms with van der Waals surface area (Å²) < 4.78 is 5.17. The molecule has 1 unspecified atom stereocenters. The molecule has 0 aliphatic carbocycles. The topological polar surface area (TPSA) is 117 Å².